The molecule has 0 amide bonds. The van der Waals surface area contributed by atoms with Crippen LogP contribution in [0, 0.1) is 0 Å². The van der Waals surface area contributed by atoms with Crippen LogP contribution in [0.15, 0.2) is 30.3 Å². The van der Waals surface area contributed by atoms with Gasteiger partial charge >= 0.3 is 0 Å². The van der Waals surface area contributed by atoms with Gasteiger partial charge in [0.05, 0.1) is 5.60 Å². The smallest absolute Gasteiger partial charge is 0.0837 e. The molecule has 2 unspecified atom stereocenters. The van der Waals surface area contributed by atoms with E-state index in [2.05, 4.69) is 12.1 Å². The van der Waals surface area contributed by atoms with Crippen LogP contribution in [-0.2, 0) is 0 Å². The second-order valence-electron chi connectivity index (χ2n) is 4.52. The molecule has 1 aromatic rings. The van der Waals surface area contributed by atoms with Crippen molar-refractivity contribution in [2.45, 2.75) is 37.2 Å². The summed E-state index contributed by atoms with van der Waals surface area (Å²) in [4.78, 5) is 0. The molecular weight excluding hydrogens is 186 g/mol. The molecule has 2 rings (SSSR count). The molecule has 0 bridgehead atoms. The number of benzene rings is 1. The van der Waals surface area contributed by atoms with Gasteiger partial charge in [0.25, 0.3) is 0 Å². The molecule has 1 aliphatic carbocycles. The highest BCUT2D eigenvalue weighted by Gasteiger charge is 2.38. The van der Waals surface area contributed by atoms with Gasteiger partial charge in [0.2, 0.25) is 0 Å². The maximum atomic E-state index is 10.5. The zero-order chi connectivity index (χ0) is 10.7. The molecule has 0 aromatic heterocycles. The van der Waals surface area contributed by atoms with Gasteiger partial charge in [-0.1, -0.05) is 43.2 Å². The van der Waals surface area contributed by atoms with Crippen LogP contribution in [0.4, 0.5) is 0 Å². The fourth-order valence-electron chi connectivity index (χ4n) is 2.63. The van der Waals surface area contributed by atoms with Crippen LogP contribution >= 0.6 is 0 Å². The van der Waals surface area contributed by atoms with Crippen molar-refractivity contribution in [1.29, 1.82) is 0 Å². The van der Waals surface area contributed by atoms with Crippen molar-refractivity contribution >= 4 is 0 Å². The second kappa shape index (κ2) is 4.33. The minimum atomic E-state index is -0.681. The topological polar surface area (TPSA) is 46.2 Å². The summed E-state index contributed by atoms with van der Waals surface area (Å²) < 4.78 is 0. The number of hydrogen-bond acceptors (Lipinski definition) is 2. The predicted octanol–water partition coefficient (Wildman–Crippen LogP) is 2.03. The Balaban J connectivity index is 2.26. The van der Waals surface area contributed by atoms with Gasteiger partial charge in [-0.2, -0.15) is 0 Å². The van der Waals surface area contributed by atoms with Gasteiger partial charge in [-0.3, -0.25) is 0 Å². The minimum Gasteiger partial charge on any atom is -0.388 e. The van der Waals surface area contributed by atoms with Gasteiger partial charge in [0.1, 0.15) is 0 Å². The normalized spacial score (nSPS) is 31.5. The van der Waals surface area contributed by atoms with Crippen molar-refractivity contribution < 1.29 is 5.11 Å². The van der Waals surface area contributed by atoms with E-state index >= 15 is 0 Å². The zero-order valence-electron chi connectivity index (χ0n) is 9.02. The number of aliphatic hydroxyl groups is 1. The maximum Gasteiger partial charge on any atom is 0.0837 e. The van der Waals surface area contributed by atoms with E-state index in [1.807, 2.05) is 18.2 Å². The fourth-order valence-corrected chi connectivity index (χ4v) is 2.63. The molecule has 15 heavy (non-hydrogen) atoms. The van der Waals surface area contributed by atoms with E-state index < -0.39 is 5.60 Å². The summed E-state index contributed by atoms with van der Waals surface area (Å²) >= 11 is 0. The Kier molecular flexibility index (Phi) is 3.08. The molecule has 2 heteroatoms. The van der Waals surface area contributed by atoms with Gasteiger partial charge in [-0.15, -0.1) is 0 Å². The average Bonchev–Trinajstić information content (AvgIpc) is 2.31. The van der Waals surface area contributed by atoms with Gasteiger partial charge in [-0.05, 0) is 18.4 Å². The summed E-state index contributed by atoms with van der Waals surface area (Å²) in [5.41, 5.74) is 6.26. The number of rotatable bonds is 2. The van der Waals surface area contributed by atoms with Crippen molar-refractivity contribution in [3.63, 3.8) is 0 Å². The Morgan fingerprint density at radius 1 is 1.27 bits per heavy atom. The molecule has 3 N–H and O–H groups in total. The van der Waals surface area contributed by atoms with Gasteiger partial charge < -0.3 is 10.8 Å². The van der Waals surface area contributed by atoms with Gasteiger partial charge in [0, 0.05) is 12.5 Å². The molecule has 1 saturated carbocycles. The van der Waals surface area contributed by atoms with Crippen molar-refractivity contribution in [2.75, 3.05) is 6.54 Å². The molecular formula is C13H19NO. The average molecular weight is 205 g/mol. The molecule has 1 fully saturated rings. The van der Waals surface area contributed by atoms with Crippen LogP contribution in [0.5, 0.6) is 0 Å². The molecule has 1 aromatic carbocycles. The van der Waals surface area contributed by atoms with E-state index in [1.54, 1.807) is 0 Å². The third-order valence-electron chi connectivity index (χ3n) is 3.56. The molecule has 2 atom stereocenters. The molecule has 0 spiro atoms. The first-order valence-electron chi connectivity index (χ1n) is 5.74. The molecule has 1 aliphatic rings. The first-order chi connectivity index (χ1) is 7.26. The maximum absolute atomic E-state index is 10.5. The lowest BCUT2D eigenvalue weighted by Crippen LogP contribution is -2.45. The lowest BCUT2D eigenvalue weighted by molar-refractivity contribution is -0.00857. The fraction of sp³-hybridized carbons (Fsp3) is 0.538. The highest BCUT2D eigenvalue weighted by molar-refractivity contribution is 5.24. The SMILES string of the molecule is NCC1(O)CCCCC1c1ccccc1. The summed E-state index contributed by atoms with van der Waals surface area (Å²) in [6.07, 6.45) is 4.18. The monoisotopic (exact) mass is 205 g/mol. The Morgan fingerprint density at radius 2 is 2.00 bits per heavy atom. The third kappa shape index (κ3) is 2.06. The summed E-state index contributed by atoms with van der Waals surface area (Å²) in [6, 6.07) is 10.3. The lowest BCUT2D eigenvalue weighted by atomic mass is 9.72. The largest absolute Gasteiger partial charge is 0.388 e. The first kappa shape index (κ1) is 10.7. The van der Waals surface area contributed by atoms with Crippen LogP contribution in [0.3, 0.4) is 0 Å². The van der Waals surface area contributed by atoms with Crippen LogP contribution in [-0.4, -0.2) is 17.3 Å². The standard InChI is InChI=1S/C13H19NO/c14-10-13(15)9-5-4-8-12(13)11-6-2-1-3-7-11/h1-3,6-7,12,15H,4-5,8-10,14H2. The van der Waals surface area contributed by atoms with Crippen molar-refractivity contribution in [3.05, 3.63) is 35.9 Å². The summed E-state index contributed by atoms with van der Waals surface area (Å²) in [5.74, 6) is 0.220. The lowest BCUT2D eigenvalue weighted by Gasteiger charge is -2.39. The summed E-state index contributed by atoms with van der Waals surface area (Å²) in [6.45, 7) is 0.368. The third-order valence-corrected chi connectivity index (χ3v) is 3.56. The Labute approximate surface area is 91.1 Å². The van der Waals surface area contributed by atoms with Crippen molar-refractivity contribution in [3.8, 4) is 0 Å². The Bertz CT molecular complexity index is 312. The quantitative estimate of drug-likeness (QED) is 0.776. The molecule has 0 saturated heterocycles. The van der Waals surface area contributed by atoms with Gasteiger partial charge in [0.15, 0.2) is 0 Å². The molecule has 0 heterocycles. The highest BCUT2D eigenvalue weighted by atomic mass is 16.3. The van der Waals surface area contributed by atoms with Crippen LogP contribution in [0.25, 0.3) is 0 Å². The van der Waals surface area contributed by atoms with E-state index in [9.17, 15) is 5.11 Å². The number of hydrogen-bond donors (Lipinski definition) is 2. The van der Waals surface area contributed by atoms with Crippen molar-refractivity contribution in [1.82, 2.24) is 0 Å². The molecule has 0 aliphatic heterocycles. The minimum absolute atomic E-state index is 0.220. The second-order valence-corrected chi connectivity index (χ2v) is 4.52. The first-order valence-corrected chi connectivity index (χ1v) is 5.74. The Hall–Kier alpha value is -0.860. The van der Waals surface area contributed by atoms with E-state index in [0.717, 1.165) is 19.3 Å². The highest BCUT2D eigenvalue weighted by Crippen LogP contribution is 2.40. The molecule has 0 radical (unpaired) electrons. The van der Waals surface area contributed by atoms with Crippen LogP contribution in [0.2, 0.25) is 0 Å². The van der Waals surface area contributed by atoms with E-state index in [1.165, 1.54) is 12.0 Å². The Morgan fingerprint density at radius 3 is 2.67 bits per heavy atom. The van der Waals surface area contributed by atoms with Crippen molar-refractivity contribution in [2.24, 2.45) is 5.73 Å². The predicted molar refractivity (Wildman–Crippen MR) is 61.7 cm³/mol. The van der Waals surface area contributed by atoms with Crippen LogP contribution < -0.4 is 5.73 Å². The van der Waals surface area contributed by atoms with E-state index in [-0.39, 0.29) is 5.92 Å². The summed E-state index contributed by atoms with van der Waals surface area (Å²) in [7, 11) is 0. The molecule has 82 valence electrons. The zero-order valence-corrected chi connectivity index (χ0v) is 9.02. The molecule has 2 nitrogen and oxygen atoms in total. The van der Waals surface area contributed by atoms with Gasteiger partial charge in [-0.25, -0.2) is 0 Å². The van der Waals surface area contributed by atoms with E-state index in [0.29, 0.717) is 6.54 Å². The van der Waals surface area contributed by atoms with Crippen LogP contribution in [0.1, 0.15) is 37.2 Å². The number of nitrogens with two attached hydrogens (primary N) is 1. The van der Waals surface area contributed by atoms with E-state index in [4.69, 9.17) is 5.73 Å². The summed E-state index contributed by atoms with van der Waals surface area (Å²) in [5, 5.41) is 10.5.